The Hall–Kier alpha value is -4.52. The molecule has 6 rings (SSSR count). The molecular weight excluding hydrogens is 551 g/mol. The van der Waals surface area contributed by atoms with Gasteiger partial charge >= 0.3 is 0 Å². The van der Waals surface area contributed by atoms with Gasteiger partial charge in [-0.15, -0.1) is 0 Å². The van der Waals surface area contributed by atoms with Crippen LogP contribution < -0.4 is 11.1 Å². The first-order valence-corrected chi connectivity index (χ1v) is 13.5. The second kappa shape index (κ2) is 10.7. The molecule has 2 aliphatic heterocycles. The van der Waals surface area contributed by atoms with Crippen molar-refractivity contribution in [3.63, 3.8) is 0 Å². The van der Waals surface area contributed by atoms with E-state index in [0.717, 1.165) is 37.2 Å². The van der Waals surface area contributed by atoms with E-state index in [9.17, 15) is 18.4 Å². The predicted octanol–water partition coefficient (Wildman–Crippen LogP) is 4.45. The number of benzene rings is 1. The Kier molecular flexibility index (Phi) is 7.05. The normalized spacial score (nSPS) is 18.2. The van der Waals surface area contributed by atoms with Crippen LogP contribution in [0, 0.1) is 11.2 Å². The molecule has 10 nitrogen and oxygen atoms in total. The Morgan fingerprint density at radius 3 is 2.69 bits per heavy atom. The number of alkyl halides is 2. The summed E-state index contributed by atoms with van der Waals surface area (Å²) in [6.07, 6.45) is 3.24. The Labute approximate surface area is 238 Å². The molecule has 1 aromatic carbocycles. The fourth-order valence-electron chi connectivity index (χ4n) is 5.54. The van der Waals surface area contributed by atoms with Crippen molar-refractivity contribution < 1.29 is 27.5 Å². The Bertz CT molecular complexity index is 1690. The minimum Gasteiger partial charge on any atom is -0.382 e. The third-order valence-electron chi connectivity index (χ3n) is 7.81. The number of nitrogens with zero attached hydrogens (tertiary/aromatic N) is 5. The molecule has 4 aromatic rings. The van der Waals surface area contributed by atoms with E-state index in [2.05, 4.69) is 15.3 Å². The van der Waals surface area contributed by atoms with Gasteiger partial charge < -0.3 is 20.7 Å². The molecule has 0 aliphatic carbocycles. The lowest BCUT2D eigenvalue weighted by atomic mass is 9.85. The summed E-state index contributed by atoms with van der Waals surface area (Å²) in [5, 5.41) is 2.42. The minimum atomic E-state index is -2.73. The van der Waals surface area contributed by atoms with E-state index in [4.69, 9.17) is 15.5 Å². The smallest absolute Gasteiger partial charge is 0.264 e. The number of carbonyl (C=O) groups is 2. The number of likely N-dealkylation sites (tertiary alicyclic amines) is 1. The molecule has 3 N–H and O–H groups in total. The standard InChI is InChI=1S/C29H28F3N7O3/c1-29(14-42-15-29)28(41)38-9-2-3-18(13-38)26-37-22(23-25(33)35-8-10-39(23)26)19-5-4-17(11-20(19)30)27(40)36-21-12-16(24(31)32)6-7-34-21/h4-8,10-12,18,24H,2-3,9,13-15H2,1H3,(H2,33,35)(H,34,36,40)/t18-/m1/s1. The van der Waals surface area contributed by atoms with Crippen molar-refractivity contribution in [1.29, 1.82) is 0 Å². The van der Waals surface area contributed by atoms with Crippen LogP contribution in [0.4, 0.5) is 24.8 Å². The molecule has 0 unspecified atom stereocenters. The number of hydrogen-bond acceptors (Lipinski definition) is 7. The molecule has 2 aliphatic rings. The van der Waals surface area contributed by atoms with Crippen LogP contribution in [0.3, 0.4) is 0 Å². The van der Waals surface area contributed by atoms with Gasteiger partial charge in [-0.2, -0.15) is 0 Å². The van der Waals surface area contributed by atoms with Gasteiger partial charge in [0.2, 0.25) is 5.91 Å². The van der Waals surface area contributed by atoms with Crippen molar-refractivity contribution in [2.45, 2.75) is 32.1 Å². The van der Waals surface area contributed by atoms with E-state index in [0.29, 0.717) is 37.6 Å². The fourth-order valence-corrected chi connectivity index (χ4v) is 5.54. The van der Waals surface area contributed by atoms with Gasteiger partial charge in [-0.25, -0.2) is 28.1 Å². The van der Waals surface area contributed by atoms with Gasteiger partial charge in [0.05, 0.1) is 18.6 Å². The SMILES string of the molecule is CC1(C(=O)N2CCC[C@@H](c3nc(-c4ccc(C(=O)Nc5cc(C(F)F)ccn5)cc4F)c4c(N)nccn34)C2)COC1. The monoisotopic (exact) mass is 579 g/mol. The van der Waals surface area contributed by atoms with Crippen LogP contribution in [0.1, 0.15) is 53.9 Å². The van der Waals surface area contributed by atoms with Crippen molar-refractivity contribution in [2.75, 3.05) is 37.4 Å². The molecular formula is C29H28F3N7O3. The van der Waals surface area contributed by atoms with Crippen molar-refractivity contribution in [2.24, 2.45) is 5.41 Å². The topological polar surface area (TPSA) is 128 Å². The number of aromatic nitrogens is 4. The van der Waals surface area contributed by atoms with Gasteiger partial charge in [0.15, 0.2) is 0 Å². The zero-order valence-electron chi connectivity index (χ0n) is 22.7. The zero-order chi connectivity index (χ0) is 29.6. The van der Waals surface area contributed by atoms with Crippen molar-refractivity contribution >= 4 is 29.0 Å². The lowest BCUT2D eigenvalue weighted by Gasteiger charge is -2.42. The zero-order valence-corrected chi connectivity index (χ0v) is 22.7. The number of imidazole rings is 1. The number of rotatable bonds is 6. The van der Waals surface area contributed by atoms with Crippen LogP contribution in [0.15, 0.2) is 48.9 Å². The number of fused-ring (bicyclic) bond motifs is 1. The molecule has 13 heteroatoms. The average Bonchev–Trinajstić information content (AvgIpc) is 3.36. The number of amides is 2. The highest BCUT2D eigenvalue weighted by Crippen LogP contribution is 2.37. The molecule has 2 amide bonds. The summed E-state index contributed by atoms with van der Waals surface area (Å²) in [6, 6.07) is 6.07. The summed E-state index contributed by atoms with van der Waals surface area (Å²) in [6.45, 7) is 3.80. The second-order valence-corrected chi connectivity index (χ2v) is 10.9. The van der Waals surface area contributed by atoms with Gasteiger partial charge in [-0.3, -0.25) is 14.0 Å². The fraction of sp³-hybridized carbons (Fsp3) is 0.345. The van der Waals surface area contributed by atoms with Gasteiger partial charge in [-0.1, -0.05) is 0 Å². The van der Waals surface area contributed by atoms with Gasteiger partial charge in [0, 0.05) is 54.3 Å². The third kappa shape index (κ3) is 4.93. The number of nitrogen functional groups attached to an aromatic ring is 1. The minimum absolute atomic E-state index is 0.0368. The lowest BCUT2D eigenvalue weighted by molar-refractivity contribution is -0.169. The largest absolute Gasteiger partial charge is 0.382 e. The lowest BCUT2D eigenvalue weighted by Crippen LogP contribution is -2.55. The van der Waals surface area contributed by atoms with Crippen LogP contribution in [0.5, 0.6) is 0 Å². The molecule has 0 spiro atoms. The van der Waals surface area contributed by atoms with Crippen molar-refractivity contribution in [3.05, 3.63) is 71.7 Å². The molecule has 2 saturated heterocycles. The number of halogens is 3. The second-order valence-electron chi connectivity index (χ2n) is 10.9. The average molecular weight is 580 g/mol. The maximum absolute atomic E-state index is 15.6. The molecule has 2 fully saturated rings. The van der Waals surface area contributed by atoms with Crippen LogP contribution in [-0.4, -0.2) is 62.4 Å². The van der Waals surface area contributed by atoms with Crippen molar-refractivity contribution in [3.8, 4) is 11.3 Å². The maximum Gasteiger partial charge on any atom is 0.264 e. The molecule has 0 radical (unpaired) electrons. The van der Waals surface area contributed by atoms with Gasteiger partial charge in [0.25, 0.3) is 12.3 Å². The number of piperidine rings is 1. The van der Waals surface area contributed by atoms with E-state index >= 15 is 4.39 Å². The van der Waals surface area contributed by atoms with Gasteiger partial charge in [-0.05, 0) is 50.1 Å². The Balaban J connectivity index is 1.30. The van der Waals surface area contributed by atoms with E-state index in [1.807, 2.05) is 11.8 Å². The maximum atomic E-state index is 15.6. The summed E-state index contributed by atoms with van der Waals surface area (Å²) in [5.74, 6) is -0.812. The molecule has 3 aromatic heterocycles. The summed E-state index contributed by atoms with van der Waals surface area (Å²) in [7, 11) is 0. The van der Waals surface area contributed by atoms with Crippen LogP contribution in [0.2, 0.25) is 0 Å². The van der Waals surface area contributed by atoms with E-state index in [1.54, 1.807) is 10.6 Å². The predicted molar refractivity (Wildman–Crippen MR) is 147 cm³/mol. The van der Waals surface area contributed by atoms with E-state index < -0.39 is 23.6 Å². The number of nitrogens with one attached hydrogen (secondary N) is 1. The molecule has 0 saturated carbocycles. The van der Waals surface area contributed by atoms with E-state index in [-0.39, 0.29) is 45.8 Å². The van der Waals surface area contributed by atoms with Gasteiger partial charge in [0.1, 0.15) is 34.5 Å². The highest BCUT2D eigenvalue weighted by molar-refractivity contribution is 6.04. The van der Waals surface area contributed by atoms with Crippen LogP contribution >= 0.6 is 0 Å². The quantitative estimate of drug-likeness (QED) is 0.346. The number of hydrogen-bond donors (Lipinski definition) is 2. The summed E-state index contributed by atoms with van der Waals surface area (Å²) < 4.78 is 48.7. The highest BCUT2D eigenvalue weighted by atomic mass is 19.3. The van der Waals surface area contributed by atoms with Crippen LogP contribution in [-0.2, 0) is 9.53 Å². The molecule has 0 bridgehead atoms. The number of pyridine rings is 1. The van der Waals surface area contributed by atoms with E-state index in [1.165, 1.54) is 18.3 Å². The summed E-state index contributed by atoms with van der Waals surface area (Å²) in [4.78, 5) is 40.7. The number of nitrogens with two attached hydrogens (primary N) is 1. The first-order chi connectivity index (χ1) is 20.1. The summed E-state index contributed by atoms with van der Waals surface area (Å²) in [5.41, 5.74) is 6.17. The molecule has 1 atom stereocenters. The van der Waals surface area contributed by atoms with Crippen molar-refractivity contribution in [1.82, 2.24) is 24.3 Å². The Morgan fingerprint density at radius 2 is 1.98 bits per heavy atom. The number of ether oxygens (including phenoxy) is 1. The third-order valence-corrected chi connectivity index (χ3v) is 7.81. The summed E-state index contributed by atoms with van der Waals surface area (Å²) >= 11 is 0. The molecule has 5 heterocycles. The Morgan fingerprint density at radius 1 is 1.17 bits per heavy atom. The highest BCUT2D eigenvalue weighted by Gasteiger charge is 2.44. The molecule has 218 valence electrons. The first-order valence-electron chi connectivity index (χ1n) is 13.5. The van der Waals surface area contributed by atoms with Crippen LogP contribution in [0.25, 0.3) is 16.8 Å². The molecule has 42 heavy (non-hydrogen) atoms. The first kappa shape index (κ1) is 27.6. The number of anilines is 2. The number of carbonyl (C=O) groups excluding carboxylic acids is 2.